The Bertz CT molecular complexity index is 302. The van der Waals surface area contributed by atoms with E-state index in [9.17, 15) is 0 Å². The molecule has 0 aliphatic carbocycles. The summed E-state index contributed by atoms with van der Waals surface area (Å²) >= 11 is 4.57. The fraction of sp³-hybridized carbons (Fsp3) is 0.143. The molecule has 1 heterocycles. The smallest absolute Gasteiger partial charge is 0.184 e. The maximum Gasteiger partial charge on any atom is 0.184 e. The van der Waals surface area contributed by atoms with Gasteiger partial charge in [-0.25, -0.2) is 0 Å². The molecule has 0 atom stereocenters. The third-order valence-corrected chi connectivity index (χ3v) is 1.45. The maximum atomic E-state index is 5.17. The van der Waals surface area contributed by atoms with Crippen LogP contribution in [0, 0.1) is 0 Å². The molecule has 0 bridgehead atoms. The first-order valence-corrected chi connectivity index (χ1v) is 3.81. The van der Waals surface area contributed by atoms with Crippen LogP contribution in [0.5, 0.6) is 0 Å². The molecule has 1 aromatic rings. The quantitative estimate of drug-likeness (QED) is 0.390. The molecule has 0 aliphatic heterocycles. The van der Waals surface area contributed by atoms with Crippen LogP contribution >= 0.6 is 12.2 Å². The van der Waals surface area contributed by atoms with Crippen LogP contribution in [-0.4, -0.2) is 15.9 Å². The number of nitrogens with one attached hydrogen (secondary N) is 1. The van der Waals surface area contributed by atoms with Crippen molar-refractivity contribution in [1.82, 2.24) is 9.99 Å². The van der Waals surface area contributed by atoms with Crippen molar-refractivity contribution >= 4 is 23.5 Å². The Hall–Kier alpha value is -1.36. The van der Waals surface area contributed by atoms with Crippen molar-refractivity contribution in [3.8, 4) is 0 Å². The van der Waals surface area contributed by atoms with Gasteiger partial charge in [-0.15, -0.1) is 0 Å². The summed E-state index contributed by atoms with van der Waals surface area (Å²) in [6.45, 7) is 0. The topological polar surface area (TPSA) is 55.3 Å². The summed E-state index contributed by atoms with van der Waals surface area (Å²) in [5, 5.41) is 3.98. The van der Waals surface area contributed by atoms with Gasteiger partial charge in [0.2, 0.25) is 0 Å². The summed E-state index contributed by atoms with van der Waals surface area (Å²) in [5.41, 5.74) is 8.63. The molecule has 12 heavy (non-hydrogen) atoms. The Morgan fingerprint density at radius 2 is 2.58 bits per heavy atom. The maximum absolute atomic E-state index is 5.17. The number of hydrazone groups is 1. The Kier molecular flexibility index (Phi) is 2.82. The zero-order valence-corrected chi connectivity index (χ0v) is 7.51. The normalized spacial score (nSPS) is 10.4. The molecule has 1 aromatic heterocycles. The number of nitrogens with two attached hydrogens (primary N) is 1. The zero-order valence-electron chi connectivity index (χ0n) is 6.69. The third-order valence-electron chi connectivity index (χ3n) is 1.36. The lowest BCUT2D eigenvalue weighted by atomic mass is 10.5. The van der Waals surface area contributed by atoms with Crippen molar-refractivity contribution in [2.24, 2.45) is 17.9 Å². The van der Waals surface area contributed by atoms with E-state index in [4.69, 9.17) is 5.73 Å². The fourth-order valence-corrected chi connectivity index (χ4v) is 0.823. The first kappa shape index (κ1) is 8.73. The molecule has 4 nitrogen and oxygen atoms in total. The molecule has 0 radical (unpaired) electrons. The highest BCUT2D eigenvalue weighted by Crippen LogP contribution is 1.94. The second-order valence-corrected chi connectivity index (χ2v) is 2.72. The number of hydrogen-bond acceptors (Lipinski definition) is 2. The van der Waals surface area contributed by atoms with Gasteiger partial charge in [0, 0.05) is 13.2 Å². The molecule has 1 rings (SSSR count). The molecule has 0 spiro atoms. The number of nitrogens with zero attached hydrogens (tertiary/aromatic N) is 2. The molecule has 0 amide bonds. The lowest BCUT2D eigenvalue weighted by Gasteiger charge is -1.95. The van der Waals surface area contributed by atoms with Crippen molar-refractivity contribution in [3.05, 3.63) is 24.0 Å². The summed E-state index contributed by atoms with van der Waals surface area (Å²) in [6.07, 6.45) is 3.58. The number of thiocarbonyl (C=S) groups is 1. The molecule has 0 aromatic carbocycles. The van der Waals surface area contributed by atoms with Gasteiger partial charge in [0.05, 0.1) is 11.9 Å². The van der Waals surface area contributed by atoms with E-state index >= 15 is 0 Å². The van der Waals surface area contributed by atoms with Crippen molar-refractivity contribution in [3.63, 3.8) is 0 Å². The van der Waals surface area contributed by atoms with Gasteiger partial charge in [-0.05, 0) is 24.4 Å². The largest absolute Gasteiger partial charge is 0.375 e. The van der Waals surface area contributed by atoms with E-state index in [0.717, 1.165) is 5.69 Å². The molecule has 5 heteroatoms. The average Bonchev–Trinajstić information content (AvgIpc) is 2.36. The Morgan fingerprint density at radius 3 is 3.08 bits per heavy atom. The van der Waals surface area contributed by atoms with E-state index in [2.05, 4.69) is 22.7 Å². The Balaban J connectivity index is 2.57. The molecule has 3 N–H and O–H groups in total. The van der Waals surface area contributed by atoms with Gasteiger partial charge in [-0.2, -0.15) is 5.10 Å². The van der Waals surface area contributed by atoms with Crippen molar-refractivity contribution in [2.75, 3.05) is 0 Å². The summed E-state index contributed by atoms with van der Waals surface area (Å²) in [6, 6.07) is 3.87. The highest BCUT2D eigenvalue weighted by molar-refractivity contribution is 7.80. The number of rotatable bonds is 2. The Morgan fingerprint density at radius 1 is 1.83 bits per heavy atom. The van der Waals surface area contributed by atoms with Crippen LogP contribution in [0.25, 0.3) is 0 Å². The number of aromatic nitrogens is 1. The number of hydrogen-bond donors (Lipinski definition) is 2. The van der Waals surface area contributed by atoms with Crippen molar-refractivity contribution < 1.29 is 0 Å². The predicted octanol–water partition coefficient (Wildman–Crippen LogP) is 0.192. The lowest BCUT2D eigenvalue weighted by Crippen LogP contribution is -2.24. The van der Waals surface area contributed by atoms with E-state index in [1.807, 2.05) is 29.9 Å². The monoisotopic (exact) mass is 182 g/mol. The number of aryl methyl sites for hydroxylation is 1. The van der Waals surface area contributed by atoms with Crippen molar-refractivity contribution in [2.45, 2.75) is 0 Å². The van der Waals surface area contributed by atoms with Gasteiger partial charge in [-0.1, -0.05) is 0 Å². The summed E-state index contributed by atoms with van der Waals surface area (Å²) in [7, 11) is 1.93. The first-order valence-electron chi connectivity index (χ1n) is 3.40. The highest BCUT2D eigenvalue weighted by Gasteiger charge is 1.90. The second kappa shape index (κ2) is 3.87. The summed E-state index contributed by atoms with van der Waals surface area (Å²) in [4.78, 5) is 0. The molecular weight excluding hydrogens is 172 g/mol. The van der Waals surface area contributed by atoms with Gasteiger partial charge < -0.3 is 10.3 Å². The van der Waals surface area contributed by atoms with Crippen LogP contribution < -0.4 is 11.2 Å². The van der Waals surface area contributed by atoms with Crippen LogP contribution in [-0.2, 0) is 7.05 Å². The van der Waals surface area contributed by atoms with Gasteiger partial charge in [0.25, 0.3) is 0 Å². The highest BCUT2D eigenvalue weighted by atomic mass is 32.1. The van der Waals surface area contributed by atoms with E-state index < -0.39 is 0 Å². The summed E-state index contributed by atoms with van der Waals surface area (Å²) < 4.78 is 1.94. The van der Waals surface area contributed by atoms with Crippen LogP contribution in [0.2, 0.25) is 0 Å². The molecule has 0 saturated carbocycles. The SMILES string of the molecule is Cn1cccc1/C=N\NC(N)=S. The van der Waals surface area contributed by atoms with Gasteiger partial charge >= 0.3 is 0 Å². The molecular formula is C7H10N4S. The van der Waals surface area contributed by atoms with Crippen molar-refractivity contribution in [1.29, 1.82) is 0 Å². The zero-order chi connectivity index (χ0) is 8.97. The average molecular weight is 182 g/mol. The summed E-state index contributed by atoms with van der Waals surface area (Å²) in [5.74, 6) is 0. The molecule has 0 unspecified atom stereocenters. The van der Waals surface area contributed by atoms with E-state index in [0.29, 0.717) is 0 Å². The molecule has 0 saturated heterocycles. The van der Waals surface area contributed by atoms with Gasteiger partial charge in [0.1, 0.15) is 0 Å². The fourth-order valence-electron chi connectivity index (χ4n) is 0.770. The third kappa shape index (κ3) is 2.35. The minimum Gasteiger partial charge on any atom is -0.375 e. The molecule has 64 valence electrons. The standard InChI is InChI=1S/C7H10N4S/c1-11-4-2-3-6(11)5-9-10-7(8)12/h2-5H,1H3,(H3,8,10,12)/b9-5-. The van der Waals surface area contributed by atoms with E-state index in [1.165, 1.54) is 0 Å². The second-order valence-electron chi connectivity index (χ2n) is 2.28. The van der Waals surface area contributed by atoms with E-state index in [-0.39, 0.29) is 5.11 Å². The molecule has 0 aliphatic rings. The van der Waals surface area contributed by atoms with Gasteiger partial charge in [-0.3, -0.25) is 5.43 Å². The van der Waals surface area contributed by atoms with Crippen LogP contribution in [0.3, 0.4) is 0 Å². The van der Waals surface area contributed by atoms with Crippen LogP contribution in [0.1, 0.15) is 5.69 Å². The minimum atomic E-state index is 0.167. The lowest BCUT2D eigenvalue weighted by molar-refractivity contribution is 0.914. The predicted molar refractivity (Wildman–Crippen MR) is 52.9 cm³/mol. The minimum absolute atomic E-state index is 0.167. The van der Waals surface area contributed by atoms with Crippen LogP contribution in [0.4, 0.5) is 0 Å². The first-order chi connectivity index (χ1) is 5.70. The van der Waals surface area contributed by atoms with Gasteiger partial charge in [0.15, 0.2) is 5.11 Å². The van der Waals surface area contributed by atoms with Crippen LogP contribution in [0.15, 0.2) is 23.4 Å². The molecule has 0 fully saturated rings. The van der Waals surface area contributed by atoms with E-state index in [1.54, 1.807) is 6.21 Å². The Labute approximate surface area is 76.1 Å².